The van der Waals surface area contributed by atoms with Crippen LogP contribution in [0.15, 0.2) is 27.2 Å². The van der Waals surface area contributed by atoms with Crippen LogP contribution in [0.4, 0.5) is 5.69 Å². The predicted octanol–water partition coefficient (Wildman–Crippen LogP) is 1.98. The summed E-state index contributed by atoms with van der Waals surface area (Å²) in [5.74, 6) is 0.886. The van der Waals surface area contributed by atoms with Crippen LogP contribution in [0.3, 0.4) is 0 Å². The van der Waals surface area contributed by atoms with E-state index in [1.807, 2.05) is 6.07 Å². The van der Waals surface area contributed by atoms with Crippen molar-refractivity contribution in [3.8, 4) is 11.5 Å². The van der Waals surface area contributed by atoms with E-state index in [2.05, 4.69) is 26.1 Å². The highest BCUT2D eigenvalue weighted by atomic mass is 79.9. The maximum atomic E-state index is 11.5. The van der Waals surface area contributed by atoms with Crippen LogP contribution in [0.25, 0.3) is 11.5 Å². The third-order valence-corrected chi connectivity index (χ3v) is 5.43. The number of benzene rings is 1. The first-order chi connectivity index (χ1) is 9.43. The molecule has 0 amide bonds. The van der Waals surface area contributed by atoms with E-state index >= 15 is 0 Å². The highest BCUT2D eigenvalue weighted by Crippen LogP contribution is 2.30. The molecule has 1 aromatic heterocycles. The molecule has 0 radical (unpaired) electrons. The van der Waals surface area contributed by atoms with Gasteiger partial charge in [-0.15, -0.1) is 0 Å². The number of nitrogens with two attached hydrogens (primary N) is 1. The number of halogens is 1. The van der Waals surface area contributed by atoms with E-state index in [0.29, 0.717) is 29.4 Å². The fourth-order valence-electron chi connectivity index (χ4n) is 2.25. The van der Waals surface area contributed by atoms with Gasteiger partial charge in [0.2, 0.25) is 0 Å². The first-order valence-corrected chi connectivity index (χ1v) is 8.65. The van der Waals surface area contributed by atoms with E-state index in [4.69, 9.17) is 10.3 Å². The van der Waals surface area contributed by atoms with E-state index in [1.165, 1.54) is 0 Å². The molecule has 0 saturated carbocycles. The Bertz CT molecular complexity index is 737. The number of anilines is 1. The third-order valence-electron chi connectivity index (χ3n) is 3.21. The molecule has 1 aliphatic rings. The Kier molecular flexibility index (Phi) is 3.29. The lowest BCUT2D eigenvalue weighted by molar-refractivity contribution is 0.418. The van der Waals surface area contributed by atoms with Gasteiger partial charge in [-0.05, 0) is 24.6 Å². The molecule has 2 N–H and O–H groups in total. The average Bonchev–Trinajstić information content (AvgIpc) is 2.94. The van der Waals surface area contributed by atoms with Gasteiger partial charge in [0.1, 0.15) is 0 Å². The molecule has 8 heteroatoms. The van der Waals surface area contributed by atoms with Crippen LogP contribution in [0, 0.1) is 0 Å². The minimum atomic E-state index is -2.96. The summed E-state index contributed by atoms with van der Waals surface area (Å²) in [5.41, 5.74) is 7.05. The number of hydrogen-bond donors (Lipinski definition) is 1. The Balaban J connectivity index is 1.90. The molecule has 0 aliphatic carbocycles. The monoisotopic (exact) mass is 357 g/mol. The van der Waals surface area contributed by atoms with Gasteiger partial charge in [-0.1, -0.05) is 21.1 Å². The normalized spacial score (nSPS) is 21.1. The van der Waals surface area contributed by atoms with Gasteiger partial charge in [0, 0.05) is 21.6 Å². The summed E-state index contributed by atoms with van der Waals surface area (Å²) in [7, 11) is -2.96. The summed E-state index contributed by atoms with van der Waals surface area (Å²) in [4.78, 5) is 4.29. The third kappa shape index (κ3) is 2.71. The van der Waals surface area contributed by atoms with Crippen LogP contribution in [0.1, 0.15) is 18.2 Å². The highest BCUT2D eigenvalue weighted by Gasteiger charge is 2.32. The van der Waals surface area contributed by atoms with Crippen molar-refractivity contribution in [3.05, 3.63) is 28.5 Å². The summed E-state index contributed by atoms with van der Waals surface area (Å²) < 4.78 is 29.0. The number of nitrogens with zero attached hydrogens (tertiary/aromatic N) is 2. The SMILES string of the molecule is Nc1cc(Br)cc(-c2nc(C3CCS(=O)(=O)C3)no2)c1. The number of sulfone groups is 1. The van der Waals surface area contributed by atoms with Gasteiger partial charge >= 0.3 is 0 Å². The minimum absolute atomic E-state index is 0.0899. The molecule has 1 unspecified atom stereocenters. The van der Waals surface area contributed by atoms with Crippen molar-refractivity contribution in [1.82, 2.24) is 10.1 Å². The molecule has 6 nitrogen and oxygen atoms in total. The fraction of sp³-hybridized carbons (Fsp3) is 0.333. The molecule has 106 valence electrons. The molecule has 2 aromatic rings. The summed E-state index contributed by atoms with van der Waals surface area (Å²) in [5, 5.41) is 3.89. The Hall–Kier alpha value is -1.41. The molecular formula is C12H12BrN3O3S. The largest absolute Gasteiger partial charge is 0.399 e. The summed E-state index contributed by atoms with van der Waals surface area (Å²) in [6.07, 6.45) is 0.544. The minimum Gasteiger partial charge on any atom is -0.399 e. The summed E-state index contributed by atoms with van der Waals surface area (Å²) in [6.45, 7) is 0. The Morgan fingerprint density at radius 2 is 2.15 bits per heavy atom. The van der Waals surface area contributed by atoms with Crippen LogP contribution in [0.5, 0.6) is 0 Å². The van der Waals surface area contributed by atoms with E-state index in [-0.39, 0.29) is 17.4 Å². The molecule has 1 aliphatic heterocycles. The quantitative estimate of drug-likeness (QED) is 0.825. The lowest BCUT2D eigenvalue weighted by atomic mass is 10.1. The first-order valence-electron chi connectivity index (χ1n) is 6.03. The van der Waals surface area contributed by atoms with Gasteiger partial charge in [0.25, 0.3) is 5.89 Å². The van der Waals surface area contributed by atoms with Gasteiger partial charge in [0.15, 0.2) is 15.7 Å². The van der Waals surface area contributed by atoms with Gasteiger partial charge in [0.05, 0.1) is 11.5 Å². The molecule has 0 bridgehead atoms. The second kappa shape index (κ2) is 4.85. The molecule has 1 aromatic carbocycles. The number of aromatic nitrogens is 2. The Morgan fingerprint density at radius 1 is 1.35 bits per heavy atom. The zero-order valence-corrected chi connectivity index (χ0v) is 12.8. The van der Waals surface area contributed by atoms with Gasteiger partial charge < -0.3 is 10.3 Å². The van der Waals surface area contributed by atoms with Crippen molar-refractivity contribution in [2.24, 2.45) is 0 Å². The summed E-state index contributed by atoms with van der Waals surface area (Å²) >= 11 is 3.35. The topological polar surface area (TPSA) is 99.1 Å². The molecule has 1 fully saturated rings. The number of nitrogen functional groups attached to an aromatic ring is 1. The number of hydrogen-bond acceptors (Lipinski definition) is 6. The maximum Gasteiger partial charge on any atom is 0.258 e. The molecule has 20 heavy (non-hydrogen) atoms. The highest BCUT2D eigenvalue weighted by molar-refractivity contribution is 9.10. The molecular weight excluding hydrogens is 346 g/mol. The molecule has 2 heterocycles. The van der Waals surface area contributed by atoms with Crippen molar-refractivity contribution < 1.29 is 12.9 Å². The predicted molar refractivity (Wildman–Crippen MR) is 77.9 cm³/mol. The smallest absolute Gasteiger partial charge is 0.258 e. The van der Waals surface area contributed by atoms with Crippen LogP contribution >= 0.6 is 15.9 Å². The number of rotatable bonds is 2. The Morgan fingerprint density at radius 3 is 2.80 bits per heavy atom. The van der Waals surface area contributed by atoms with Crippen LogP contribution < -0.4 is 5.73 Å². The maximum absolute atomic E-state index is 11.5. The van der Waals surface area contributed by atoms with Crippen molar-refractivity contribution in [2.45, 2.75) is 12.3 Å². The molecule has 0 spiro atoms. The second-order valence-corrected chi connectivity index (χ2v) is 7.98. The zero-order valence-electron chi connectivity index (χ0n) is 10.4. The van der Waals surface area contributed by atoms with Crippen molar-refractivity contribution >= 4 is 31.5 Å². The van der Waals surface area contributed by atoms with E-state index in [9.17, 15) is 8.42 Å². The lowest BCUT2D eigenvalue weighted by Crippen LogP contribution is -2.05. The zero-order chi connectivity index (χ0) is 14.3. The second-order valence-electron chi connectivity index (χ2n) is 4.83. The van der Waals surface area contributed by atoms with E-state index < -0.39 is 9.84 Å². The fourth-order valence-corrected chi connectivity index (χ4v) is 4.50. The van der Waals surface area contributed by atoms with Crippen LogP contribution in [0.2, 0.25) is 0 Å². The van der Waals surface area contributed by atoms with Crippen LogP contribution in [-0.2, 0) is 9.84 Å². The lowest BCUT2D eigenvalue weighted by Gasteiger charge is -1.99. The first kappa shape index (κ1) is 13.6. The van der Waals surface area contributed by atoms with Crippen LogP contribution in [-0.4, -0.2) is 30.1 Å². The molecule has 1 saturated heterocycles. The van der Waals surface area contributed by atoms with E-state index in [1.54, 1.807) is 12.1 Å². The van der Waals surface area contributed by atoms with Gasteiger partial charge in [-0.2, -0.15) is 4.98 Å². The van der Waals surface area contributed by atoms with Crippen molar-refractivity contribution in [2.75, 3.05) is 17.2 Å². The van der Waals surface area contributed by atoms with E-state index in [0.717, 1.165) is 4.47 Å². The van der Waals surface area contributed by atoms with Crippen molar-refractivity contribution in [3.63, 3.8) is 0 Å². The average molecular weight is 358 g/mol. The van der Waals surface area contributed by atoms with Gasteiger partial charge in [-0.25, -0.2) is 8.42 Å². The molecule has 1 atom stereocenters. The van der Waals surface area contributed by atoms with Crippen molar-refractivity contribution in [1.29, 1.82) is 0 Å². The van der Waals surface area contributed by atoms with Gasteiger partial charge in [-0.3, -0.25) is 0 Å². The standard InChI is InChI=1S/C12H12BrN3O3S/c13-9-3-8(4-10(14)5-9)12-15-11(16-19-12)7-1-2-20(17,18)6-7/h3-5,7H,1-2,6,14H2. The molecule has 3 rings (SSSR count). The Labute approximate surface area is 124 Å². The summed E-state index contributed by atoms with van der Waals surface area (Å²) in [6, 6.07) is 5.32.